The minimum absolute atomic E-state index is 0.336. The quantitative estimate of drug-likeness (QED) is 0.798. The normalized spacial score (nSPS) is 9.95. The predicted octanol–water partition coefficient (Wildman–Crippen LogP) is 3.63. The Morgan fingerprint density at radius 1 is 1.20 bits per heavy atom. The van der Waals surface area contributed by atoms with Crippen molar-refractivity contribution < 1.29 is 9.59 Å². The van der Waals surface area contributed by atoms with Crippen LogP contribution in [0.5, 0.6) is 0 Å². The van der Waals surface area contributed by atoms with Gasteiger partial charge >= 0.3 is 0 Å². The summed E-state index contributed by atoms with van der Waals surface area (Å²) in [6.45, 7) is 4.97. The van der Waals surface area contributed by atoms with Crippen molar-refractivity contribution in [1.29, 1.82) is 0 Å². The SMILES string of the molecule is C=CC(=O)N(C)C(=O)C=CC.ClC=Cc1ccccc1. The molecule has 2 amide bonds. The average molecular weight is 292 g/mol. The van der Waals surface area contributed by atoms with Gasteiger partial charge in [-0.1, -0.05) is 54.6 Å². The zero-order valence-corrected chi connectivity index (χ0v) is 12.4. The van der Waals surface area contributed by atoms with Crippen molar-refractivity contribution in [3.05, 3.63) is 66.2 Å². The number of allylic oxidation sites excluding steroid dienone is 1. The number of likely N-dealkylation sites (N-methyl/N-ethyl adjacent to an activating group) is 1. The van der Waals surface area contributed by atoms with Gasteiger partial charge in [-0.25, -0.2) is 0 Å². The Bertz CT molecular complexity index is 492. The Morgan fingerprint density at radius 3 is 2.25 bits per heavy atom. The molecule has 20 heavy (non-hydrogen) atoms. The van der Waals surface area contributed by atoms with E-state index in [2.05, 4.69) is 6.58 Å². The molecule has 0 saturated heterocycles. The van der Waals surface area contributed by atoms with E-state index < -0.39 is 5.91 Å². The molecule has 0 bridgehead atoms. The molecule has 0 aromatic heterocycles. The summed E-state index contributed by atoms with van der Waals surface area (Å²) in [5.74, 6) is -0.731. The second-order valence-corrected chi connectivity index (χ2v) is 3.89. The van der Waals surface area contributed by atoms with Crippen LogP contribution in [0.25, 0.3) is 6.08 Å². The van der Waals surface area contributed by atoms with E-state index in [1.165, 1.54) is 18.7 Å². The molecular weight excluding hydrogens is 274 g/mol. The average Bonchev–Trinajstić information content (AvgIpc) is 2.48. The number of hydrogen-bond acceptors (Lipinski definition) is 2. The number of carbonyl (C=O) groups is 2. The molecule has 1 aromatic carbocycles. The molecule has 4 heteroatoms. The molecule has 0 radical (unpaired) electrons. The fourth-order valence-corrected chi connectivity index (χ4v) is 1.28. The van der Waals surface area contributed by atoms with Gasteiger partial charge in [0.2, 0.25) is 0 Å². The smallest absolute Gasteiger partial charge is 0.252 e. The first kappa shape index (κ1) is 17.9. The summed E-state index contributed by atoms with van der Waals surface area (Å²) in [6.07, 6.45) is 5.85. The summed E-state index contributed by atoms with van der Waals surface area (Å²) in [5.41, 5.74) is 2.64. The van der Waals surface area contributed by atoms with E-state index in [1.54, 1.807) is 13.0 Å². The van der Waals surface area contributed by atoms with Crippen LogP contribution in [-0.4, -0.2) is 23.8 Å². The molecule has 1 rings (SSSR count). The van der Waals surface area contributed by atoms with Crippen LogP contribution in [0.4, 0.5) is 0 Å². The first-order valence-corrected chi connectivity index (χ1v) is 6.39. The summed E-state index contributed by atoms with van der Waals surface area (Å²) < 4.78 is 0. The first-order valence-electron chi connectivity index (χ1n) is 5.95. The second kappa shape index (κ2) is 10.8. The molecule has 0 unspecified atom stereocenters. The van der Waals surface area contributed by atoms with E-state index in [-0.39, 0.29) is 5.91 Å². The monoisotopic (exact) mass is 291 g/mol. The van der Waals surface area contributed by atoms with Crippen molar-refractivity contribution in [2.75, 3.05) is 7.05 Å². The molecule has 0 aliphatic heterocycles. The number of carbonyl (C=O) groups excluding carboxylic acids is 2. The molecule has 0 N–H and O–H groups in total. The molecule has 0 fully saturated rings. The van der Waals surface area contributed by atoms with Gasteiger partial charge in [0.15, 0.2) is 0 Å². The Labute approximate surface area is 124 Å². The van der Waals surface area contributed by atoms with E-state index in [0.717, 1.165) is 16.5 Å². The fourth-order valence-electron chi connectivity index (χ4n) is 1.14. The number of benzene rings is 1. The Hall–Kier alpha value is -2.13. The van der Waals surface area contributed by atoms with E-state index >= 15 is 0 Å². The van der Waals surface area contributed by atoms with Crippen LogP contribution >= 0.6 is 11.6 Å². The topological polar surface area (TPSA) is 37.4 Å². The maximum absolute atomic E-state index is 10.9. The highest BCUT2D eigenvalue weighted by molar-refractivity contribution is 6.27. The van der Waals surface area contributed by atoms with Gasteiger partial charge in [-0.15, -0.1) is 0 Å². The number of nitrogens with zero attached hydrogens (tertiary/aromatic N) is 1. The van der Waals surface area contributed by atoms with Gasteiger partial charge in [0.1, 0.15) is 0 Å². The molecule has 3 nitrogen and oxygen atoms in total. The number of amides is 2. The number of hydrogen-bond donors (Lipinski definition) is 0. The van der Waals surface area contributed by atoms with Crippen LogP contribution in [0.3, 0.4) is 0 Å². The van der Waals surface area contributed by atoms with Gasteiger partial charge in [0.05, 0.1) is 0 Å². The van der Waals surface area contributed by atoms with Crippen molar-refractivity contribution >= 4 is 29.5 Å². The molecular formula is C16H18ClNO2. The van der Waals surface area contributed by atoms with Gasteiger partial charge in [0, 0.05) is 12.6 Å². The summed E-state index contributed by atoms with van der Waals surface area (Å²) >= 11 is 5.36. The number of rotatable bonds is 3. The summed E-state index contributed by atoms with van der Waals surface area (Å²) in [6, 6.07) is 9.93. The van der Waals surface area contributed by atoms with E-state index in [4.69, 9.17) is 11.6 Å². The lowest BCUT2D eigenvalue weighted by molar-refractivity contribution is -0.137. The zero-order valence-electron chi connectivity index (χ0n) is 11.6. The maximum Gasteiger partial charge on any atom is 0.252 e. The van der Waals surface area contributed by atoms with Crippen LogP contribution < -0.4 is 0 Å². The predicted molar refractivity (Wildman–Crippen MR) is 84.1 cm³/mol. The minimum Gasteiger partial charge on any atom is -0.279 e. The lowest BCUT2D eigenvalue weighted by atomic mass is 10.2. The fraction of sp³-hybridized carbons (Fsp3) is 0.125. The lowest BCUT2D eigenvalue weighted by Gasteiger charge is -2.08. The van der Waals surface area contributed by atoms with E-state index in [9.17, 15) is 9.59 Å². The Kier molecular flexibility index (Phi) is 9.62. The minimum atomic E-state index is -0.395. The molecule has 0 saturated carbocycles. The molecule has 0 heterocycles. The summed E-state index contributed by atoms with van der Waals surface area (Å²) in [5, 5.41) is 0. The van der Waals surface area contributed by atoms with Gasteiger partial charge in [-0.3, -0.25) is 14.5 Å². The number of imide groups is 1. The van der Waals surface area contributed by atoms with Crippen molar-refractivity contribution in [3.8, 4) is 0 Å². The third-order valence-electron chi connectivity index (χ3n) is 2.20. The standard InChI is InChI=1S/C8H7Cl.C8H11NO2/c9-7-6-8-4-2-1-3-5-8;1-4-6-8(11)9(3)7(10)5-2/h1-7H;4-6H,2H2,1,3H3. The molecule has 0 aliphatic rings. The van der Waals surface area contributed by atoms with Crippen molar-refractivity contribution in [2.45, 2.75) is 6.92 Å². The summed E-state index contributed by atoms with van der Waals surface area (Å²) in [4.78, 5) is 22.7. The first-order chi connectivity index (χ1) is 9.56. The van der Waals surface area contributed by atoms with E-state index in [0.29, 0.717) is 0 Å². The van der Waals surface area contributed by atoms with Gasteiger partial charge in [0.25, 0.3) is 11.8 Å². The van der Waals surface area contributed by atoms with Crippen LogP contribution in [-0.2, 0) is 9.59 Å². The highest BCUT2D eigenvalue weighted by Crippen LogP contribution is 2.00. The molecule has 106 valence electrons. The molecule has 0 aliphatic carbocycles. The number of halogens is 1. The van der Waals surface area contributed by atoms with Gasteiger partial charge in [-0.05, 0) is 30.7 Å². The van der Waals surface area contributed by atoms with Crippen molar-refractivity contribution in [2.24, 2.45) is 0 Å². The van der Waals surface area contributed by atoms with Crippen LogP contribution in [0.1, 0.15) is 12.5 Å². The lowest BCUT2D eigenvalue weighted by Crippen LogP contribution is -2.29. The largest absolute Gasteiger partial charge is 0.279 e. The Balaban J connectivity index is 0.000000367. The third-order valence-corrected chi connectivity index (χ3v) is 2.33. The van der Waals surface area contributed by atoms with E-state index in [1.807, 2.05) is 36.4 Å². The van der Waals surface area contributed by atoms with Crippen LogP contribution in [0, 0.1) is 0 Å². The van der Waals surface area contributed by atoms with Crippen LogP contribution in [0.15, 0.2) is 60.7 Å². The molecule has 1 aromatic rings. The third kappa shape index (κ3) is 7.34. The van der Waals surface area contributed by atoms with Gasteiger partial charge < -0.3 is 0 Å². The highest BCUT2D eigenvalue weighted by atomic mass is 35.5. The van der Waals surface area contributed by atoms with Crippen LogP contribution in [0.2, 0.25) is 0 Å². The van der Waals surface area contributed by atoms with Crippen molar-refractivity contribution in [3.63, 3.8) is 0 Å². The Morgan fingerprint density at radius 2 is 1.80 bits per heavy atom. The van der Waals surface area contributed by atoms with Gasteiger partial charge in [-0.2, -0.15) is 0 Å². The zero-order chi connectivity index (χ0) is 15.4. The maximum atomic E-state index is 10.9. The molecule has 0 atom stereocenters. The summed E-state index contributed by atoms with van der Waals surface area (Å²) in [7, 11) is 1.41. The second-order valence-electron chi connectivity index (χ2n) is 3.64. The molecule has 0 spiro atoms. The highest BCUT2D eigenvalue weighted by Gasteiger charge is 2.09. The van der Waals surface area contributed by atoms with Crippen molar-refractivity contribution in [1.82, 2.24) is 4.90 Å².